The SMILES string of the molecule is C=C[C@@H](I)Oc1ccc(C[C@H](NC(C)=O)C(=O)N[C@@H](CCCCNC(=O)OC(C)(C)C)C(=O)N[C@@H](Cc2ccccc2)C(=O)OC)cc1. The van der Waals surface area contributed by atoms with Crippen LogP contribution in [0.25, 0.3) is 0 Å². The molecular weight excluding hydrogens is 731 g/mol. The second-order valence-electron chi connectivity index (χ2n) is 12.1. The first-order valence-corrected chi connectivity index (χ1v) is 16.9. The molecule has 0 aliphatic rings. The zero-order chi connectivity index (χ0) is 35.7. The minimum absolute atomic E-state index is 0.147. The smallest absolute Gasteiger partial charge is 0.407 e. The first-order chi connectivity index (χ1) is 22.7. The number of nitrogens with one attached hydrogen (secondary N) is 4. The molecule has 0 saturated carbocycles. The molecule has 0 heterocycles. The Balaban J connectivity index is 2.20. The van der Waals surface area contributed by atoms with Crippen LogP contribution in [0.3, 0.4) is 0 Å². The number of amides is 4. The van der Waals surface area contributed by atoms with Crippen molar-refractivity contribution < 1.29 is 38.2 Å². The Morgan fingerprint density at radius 3 is 2.00 bits per heavy atom. The van der Waals surface area contributed by atoms with Crippen LogP contribution in [0.15, 0.2) is 67.3 Å². The molecule has 0 unspecified atom stereocenters. The zero-order valence-corrected chi connectivity index (χ0v) is 30.3. The normalized spacial score (nSPS) is 13.5. The number of hydrogen-bond donors (Lipinski definition) is 4. The topological polar surface area (TPSA) is 161 Å². The summed E-state index contributed by atoms with van der Waals surface area (Å²) in [6.45, 7) is 10.6. The summed E-state index contributed by atoms with van der Waals surface area (Å²) < 4.78 is 15.7. The fourth-order valence-corrected chi connectivity index (χ4v) is 4.84. The largest absolute Gasteiger partial charge is 0.476 e. The van der Waals surface area contributed by atoms with Gasteiger partial charge in [0.25, 0.3) is 0 Å². The van der Waals surface area contributed by atoms with E-state index in [4.69, 9.17) is 14.2 Å². The number of hydrogen-bond acceptors (Lipinski definition) is 8. The van der Waals surface area contributed by atoms with Crippen LogP contribution in [0.5, 0.6) is 5.75 Å². The van der Waals surface area contributed by atoms with Crippen molar-refractivity contribution in [2.75, 3.05) is 13.7 Å². The van der Waals surface area contributed by atoms with Crippen molar-refractivity contribution in [1.82, 2.24) is 21.3 Å². The van der Waals surface area contributed by atoms with Gasteiger partial charge in [0.05, 0.1) is 7.11 Å². The summed E-state index contributed by atoms with van der Waals surface area (Å²) in [4.78, 5) is 64.0. The van der Waals surface area contributed by atoms with E-state index in [0.29, 0.717) is 18.6 Å². The third-order valence-electron chi connectivity index (χ3n) is 6.80. The number of alkyl carbamates (subject to hydrolysis) is 1. The number of esters is 1. The molecule has 262 valence electrons. The fourth-order valence-electron chi connectivity index (χ4n) is 4.55. The predicted molar refractivity (Wildman–Crippen MR) is 190 cm³/mol. The maximum atomic E-state index is 13.6. The molecule has 0 bridgehead atoms. The molecule has 2 aromatic rings. The van der Waals surface area contributed by atoms with E-state index in [1.165, 1.54) is 14.0 Å². The lowest BCUT2D eigenvalue weighted by Crippen LogP contribution is -2.56. The fraction of sp³-hybridized carbons (Fsp3) is 0.457. The van der Waals surface area contributed by atoms with Crippen LogP contribution in [0, 0.1) is 0 Å². The lowest BCUT2D eigenvalue weighted by molar-refractivity contribution is -0.145. The molecule has 2 aromatic carbocycles. The minimum Gasteiger partial charge on any atom is -0.476 e. The van der Waals surface area contributed by atoms with E-state index in [0.717, 1.165) is 11.1 Å². The number of alkyl halides is 1. The van der Waals surface area contributed by atoms with Crippen LogP contribution in [0.4, 0.5) is 4.79 Å². The molecule has 4 amide bonds. The number of rotatable bonds is 18. The van der Waals surface area contributed by atoms with Gasteiger partial charge in [0.2, 0.25) is 17.7 Å². The second-order valence-corrected chi connectivity index (χ2v) is 13.3. The van der Waals surface area contributed by atoms with Gasteiger partial charge in [-0.2, -0.15) is 0 Å². The van der Waals surface area contributed by atoms with Crippen molar-refractivity contribution in [2.24, 2.45) is 0 Å². The predicted octanol–water partition coefficient (Wildman–Crippen LogP) is 4.14. The highest BCUT2D eigenvalue weighted by Gasteiger charge is 2.30. The summed E-state index contributed by atoms with van der Waals surface area (Å²) in [6, 6.07) is 13.2. The highest BCUT2D eigenvalue weighted by atomic mass is 127. The maximum Gasteiger partial charge on any atom is 0.407 e. The Kier molecular flexibility index (Phi) is 16.9. The number of methoxy groups -OCH3 is 1. The maximum absolute atomic E-state index is 13.6. The molecule has 0 saturated heterocycles. The highest BCUT2D eigenvalue weighted by Crippen LogP contribution is 2.18. The Bertz CT molecular complexity index is 1360. The van der Waals surface area contributed by atoms with Crippen molar-refractivity contribution in [3.63, 3.8) is 0 Å². The van der Waals surface area contributed by atoms with Gasteiger partial charge >= 0.3 is 12.1 Å². The lowest BCUT2D eigenvalue weighted by atomic mass is 10.0. The molecule has 0 spiro atoms. The third kappa shape index (κ3) is 15.6. The van der Waals surface area contributed by atoms with Crippen LogP contribution in [0.1, 0.15) is 58.1 Å². The quantitative estimate of drug-likeness (QED) is 0.0578. The number of ether oxygens (including phenoxy) is 3. The summed E-state index contributed by atoms with van der Waals surface area (Å²) in [5, 5.41) is 10.9. The van der Waals surface area contributed by atoms with Crippen LogP contribution >= 0.6 is 22.6 Å². The van der Waals surface area contributed by atoms with Crippen molar-refractivity contribution in [1.29, 1.82) is 0 Å². The van der Waals surface area contributed by atoms with Crippen LogP contribution in [0.2, 0.25) is 0 Å². The number of unbranched alkanes of at least 4 members (excludes halogenated alkanes) is 1. The van der Waals surface area contributed by atoms with E-state index >= 15 is 0 Å². The van der Waals surface area contributed by atoms with Gasteiger partial charge < -0.3 is 35.5 Å². The van der Waals surface area contributed by atoms with E-state index in [9.17, 15) is 24.0 Å². The summed E-state index contributed by atoms with van der Waals surface area (Å²) >= 11 is 2.09. The van der Waals surface area contributed by atoms with Gasteiger partial charge in [-0.3, -0.25) is 14.4 Å². The van der Waals surface area contributed by atoms with Crippen molar-refractivity contribution >= 4 is 52.4 Å². The van der Waals surface area contributed by atoms with Gasteiger partial charge in [-0.15, -0.1) is 0 Å². The average molecular weight is 779 g/mol. The number of carbonyl (C=O) groups is 5. The number of carbonyl (C=O) groups excluding carboxylic acids is 5. The number of halogens is 1. The molecular formula is C35H47IN4O8. The molecule has 4 atom stereocenters. The first kappa shape index (κ1) is 40.0. The zero-order valence-electron chi connectivity index (χ0n) is 28.2. The second kappa shape index (κ2) is 20.3. The van der Waals surface area contributed by atoms with Crippen molar-refractivity contribution in [3.8, 4) is 5.75 Å². The highest BCUT2D eigenvalue weighted by molar-refractivity contribution is 14.1. The lowest BCUT2D eigenvalue weighted by Gasteiger charge is -2.25. The summed E-state index contributed by atoms with van der Waals surface area (Å²) in [7, 11) is 1.24. The van der Waals surface area contributed by atoms with Gasteiger partial charge in [-0.25, -0.2) is 9.59 Å². The van der Waals surface area contributed by atoms with Gasteiger partial charge in [-0.05, 0) is 92.0 Å². The molecule has 13 heteroatoms. The molecule has 4 N–H and O–H groups in total. The molecule has 0 aliphatic heterocycles. The standard InChI is InChI=1S/C35H47IN4O8/c1-7-30(36)47-26-18-16-25(17-19-26)21-28(38-23(2)41)32(43)39-27(15-11-12-20-37-34(45)48-35(3,4)5)31(42)40-29(33(44)46-6)22-24-13-9-8-10-14-24/h7-10,13-14,16-19,27-30H,1,11-12,15,20-22H2,2-6H3,(H,37,45)(H,38,41)(H,39,43)(H,40,42)/t27-,28-,29-,30-/m0/s1. The van der Waals surface area contributed by atoms with Crippen LogP contribution in [-0.2, 0) is 41.5 Å². The molecule has 0 aromatic heterocycles. The van der Waals surface area contributed by atoms with Crippen molar-refractivity contribution in [2.45, 2.75) is 87.6 Å². The summed E-state index contributed by atoms with van der Waals surface area (Å²) in [5.41, 5.74) is 0.919. The Labute approximate surface area is 296 Å². The molecule has 2 rings (SSSR count). The molecule has 0 aliphatic carbocycles. The van der Waals surface area contributed by atoms with Crippen molar-refractivity contribution in [3.05, 3.63) is 78.4 Å². The Morgan fingerprint density at radius 1 is 0.833 bits per heavy atom. The van der Waals surface area contributed by atoms with Crippen LogP contribution in [-0.4, -0.2) is 71.3 Å². The number of benzene rings is 2. The molecule has 0 fully saturated rings. The Morgan fingerprint density at radius 2 is 1.42 bits per heavy atom. The molecule has 12 nitrogen and oxygen atoms in total. The van der Waals surface area contributed by atoms with E-state index in [1.807, 2.05) is 30.3 Å². The van der Waals surface area contributed by atoms with E-state index in [-0.39, 0.29) is 29.9 Å². The molecule has 48 heavy (non-hydrogen) atoms. The summed E-state index contributed by atoms with van der Waals surface area (Å²) in [6.07, 6.45) is 2.53. The van der Waals surface area contributed by atoms with Crippen LogP contribution < -0.4 is 26.0 Å². The first-order valence-electron chi connectivity index (χ1n) is 15.7. The van der Waals surface area contributed by atoms with Gasteiger partial charge in [0.15, 0.2) is 4.11 Å². The van der Waals surface area contributed by atoms with Gasteiger partial charge in [0, 0.05) is 26.3 Å². The van der Waals surface area contributed by atoms with Gasteiger partial charge in [0.1, 0.15) is 29.5 Å². The molecule has 0 radical (unpaired) electrons. The van der Waals surface area contributed by atoms with E-state index in [2.05, 4.69) is 50.4 Å². The third-order valence-corrected chi connectivity index (χ3v) is 7.56. The van der Waals surface area contributed by atoms with E-state index < -0.39 is 53.5 Å². The monoisotopic (exact) mass is 778 g/mol. The summed E-state index contributed by atoms with van der Waals surface area (Å²) in [5.74, 6) is -1.60. The average Bonchev–Trinajstić information content (AvgIpc) is 3.03. The minimum atomic E-state index is -1.06. The Hall–Kier alpha value is -4.14. The van der Waals surface area contributed by atoms with Gasteiger partial charge in [-0.1, -0.05) is 49.0 Å². The van der Waals surface area contributed by atoms with E-state index in [1.54, 1.807) is 51.1 Å².